The fourth-order valence-corrected chi connectivity index (χ4v) is 9.51. The molecule has 5 N–H and O–H groups in total. The van der Waals surface area contributed by atoms with Gasteiger partial charge in [-0.15, -0.1) is 0 Å². The summed E-state index contributed by atoms with van der Waals surface area (Å²) in [4.78, 5) is 7.40. The molecule has 7 aromatic rings. The third-order valence-corrected chi connectivity index (χ3v) is 13.7. The highest BCUT2D eigenvalue weighted by Crippen LogP contribution is 2.46. The zero-order valence-electron chi connectivity index (χ0n) is 34.5. The topological polar surface area (TPSA) is 123 Å². The molecule has 308 valence electrons. The second-order valence-electron chi connectivity index (χ2n) is 14.9. The van der Waals surface area contributed by atoms with Gasteiger partial charge >= 0.3 is 7.12 Å². The molecule has 1 atom stereocenters. The number of nitrogens with zero attached hydrogens (tertiary/aromatic N) is 1. The van der Waals surface area contributed by atoms with E-state index >= 15 is 0 Å². The molecule has 0 amide bonds. The first-order valence-corrected chi connectivity index (χ1v) is 22.9. The lowest BCUT2D eigenvalue weighted by atomic mass is 9.80. The molecule has 0 radical (unpaired) electrons. The predicted octanol–water partition coefficient (Wildman–Crippen LogP) is 10.9. The summed E-state index contributed by atoms with van der Waals surface area (Å²) in [5.74, 6) is 0.393. The summed E-state index contributed by atoms with van der Waals surface area (Å²) < 4.78 is 24.8. The first-order chi connectivity index (χ1) is 29.3. The molecule has 7 aromatic carbocycles. The van der Waals surface area contributed by atoms with Gasteiger partial charge in [-0.2, -0.15) is 18.4 Å². The molecule has 0 aliphatic carbocycles. The van der Waals surface area contributed by atoms with Crippen LogP contribution in [0.3, 0.4) is 0 Å². The first-order valence-electron chi connectivity index (χ1n) is 19.8. The van der Waals surface area contributed by atoms with Crippen LogP contribution >= 0.6 is 23.5 Å². The molecule has 0 fully saturated rings. The Bertz CT molecular complexity index is 2820. The van der Waals surface area contributed by atoms with Crippen molar-refractivity contribution in [2.24, 2.45) is 5.10 Å². The number of nitrogens with one attached hydrogen (secondary N) is 3. The Labute approximate surface area is 367 Å². The normalized spacial score (nSPS) is 12.8. The maximum Gasteiger partial charge on any atom is 0.488 e. The summed E-state index contributed by atoms with van der Waals surface area (Å²) in [5.41, 5.74) is 12.5. The van der Waals surface area contributed by atoms with Crippen molar-refractivity contribution in [3.63, 3.8) is 0 Å². The van der Waals surface area contributed by atoms with Crippen LogP contribution in [0.4, 0.5) is 22.7 Å². The second kappa shape index (κ2) is 19.3. The molecule has 0 saturated carbocycles. The molecular weight excluding hydrogens is 816 g/mol. The van der Waals surface area contributed by atoms with Crippen molar-refractivity contribution in [2.75, 3.05) is 10.6 Å². The summed E-state index contributed by atoms with van der Waals surface area (Å²) in [6.45, 7) is 10.0. The molecule has 12 heteroatoms. The molecule has 0 saturated heterocycles. The zero-order chi connectivity index (χ0) is 43.1. The second-order valence-corrected chi connectivity index (χ2v) is 18.8. The van der Waals surface area contributed by atoms with E-state index in [2.05, 4.69) is 107 Å². The highest BCUT2D eigenvalue weighted by atomic mass is 32.2. The van der Waals surface area contributed by atoms with E-state index in [1.165, 1.54) is 42.8 Å². The number of aryl methyl sites for hydroxylation is 3. The Morgan fingerprint density at radius 3 is 1.72 bits per heavy atom. The zero-order valence-corrected chi connectivity index (χ0v) is 37.0. The number of hydrogen-bond acceptors (Lipinski definition) is 9. The fraction of sp³-hybridized carbons (Fsp3) is 0.122. The minimum atomic E-state index is -3.69. The lowest BCUT2D eigenvalue weighted by molar-refractivity contribution is 0.425. The van der Waals surface area contributed by atoms with Gasteiger partial charge in [-0.1, -0.05) is 144 Å². The number of rotatable bonds is 7. The molecule has 61 heavy (non-hydrogen) atoms. The van der Waals surface area contributed by atoms with Gasteiger partial charge in [-0.05, 0) is 111 Å². The van der Waals surface area contributed by atoms with Gasteiger partial charge in [0.1, 0.15) is 0 Å². The van der Waals surface area contributed by atoms with Crippen LogP contribution in [-0.2, 0) is 10.0 Å². The molecule has 9 rings (SSSR count). The molecule has 1 unspecified atom stereocenters. The van der Waals surface area contributed by atoms with E-state index in [4.69, 9.17) is 10.0 Å². The smallest absolute Gasteiger partial charge is 0.423 e. The maximum absolute atomic E-state index is 12.4. The van der Waals surface area contributed by atoms with Crippen LogP contribution in [0.5, 0.6) is 0 Å². The molecule has 2 heterocycles. The van der Waals surface area contributed by atoms with E-state index < -0.39 is 17.1 Å². The number of anilines is 4. The van der Waals surface area contributed by atoms with Crippen LogP contribution < -0.4 is 20.9 Å². The Morgan fingerprint density at radius 2 is 1.13 bits per heavy atom. The van der Waals surface area contributed by atoms with Gasteiger partial charge in [0, 0.05) is 25.5 Å². The standard InChI is InChI=1S/C21H19N3O2S2.C21H19NS.C7H9BO2/c1-14-7-10-17(11-8-14)28(25,26)24-23-15(2)16-9-12-21-19(13-16)22-18-5-3-4-6-20(18)27-21;1-14-6-5-7-16(12-14)15(2)17-10-11-21-19(13-17)22-18-8-3-4-9-20(18)23-21;1-6-3-2-4-7(5-6)8(9)10/h3-13,22,24H,1-2H3;3-13,15,22H,1-2H3;2-5,9-10H,1H3/b23-15+;;. The van der Waals surface area contributed by atoms with Crippen molar-refractivity contribution in [1.82, 2.24) is 4.83 Å². The van der Waals surface area contributed by atoms with Gasteiger partial charge in [0.2, 0.25) is 0 Å². The Balaban J connectivity index is 0.000000152. The highest BCUT2D eigenvalue weighted by molar-refractivity contribution is 8.00. The summed E-state index contributed by atoms with van der Waals surface area (Å²) in [5, 5.41) is 28.5. The highest BCUT2D eigenvalue weighted by Gasteiger charge is 2.19. The van der Waals surface area contributed by atoms with Crippen molar-refractivity contribution in [3.8, 4) is 0 Å². The van der Waals surface area contributed by atoms with Gasteiger partial charge in [0.05, 0.1) is 33.4 Å². The van der Waals surface area contributed by atoms with E-state index in [1.54, 1.807) is 61.2 Å². The van der Waals surface area contributed by atoms with Crippen LogP contribution in [0.1, 0.15) is 53.1 Å². The third-order valence-electron chi connectivity index (χ3n) is 10.2. The van der Waals surface area contributed by atoms with Crippen molar-refractivity contribution in [1.29, 1.82) is 0 Å². The number of hydrazone groups is 1. The van der Waals surface area contributed by atoms with Crippen LogP contribution in [0.25, 0.3) is 0 Å². The quantitative estimate of drug-likeness (QED) is 0.0610. The van der Waals surface area contributed by atoms with Crippen molar-refractivity contribution < 1.29 is 18.5 Å². The number of sulfonamides is 1. The molecule has 2 aliphatic rings. The van der Waals surface area contributed by atoms with E-state index in [9.17, 15) is 8.42 Å². The molecular formula is C49H47BN4O4S3. The Hall–Kier alpha value is -5.76. The van der Waals surface area contributed by atoms with Gasteiger partial charge in [0.25, 0.3) is 10.0 Å². The molecule has 0 aromatic heterocycles. The average molecular weight is 863 g/mol. The molecule has 0 bridgehead atoms. The summed E-state index contributed by atoms with van der Waals surface area (Å²) >= 11 is 3.54. The number of para-hydroxylation sites is 2. The Kier molecular flexibility index (Phi) is 13.7. The average Bonchev–Trinajstić information content (AvgIpc) is 3.26. The van der Waals surface area contributed by atoms with Crippen LogP contribution in [0.2, 0.25) is 0 Å². The monoisotopic (exact) mass is 862 g/mol. The van der Waals surface area contributed by atoms with Gasteiger partial charge in [-0.3, -0.25) is 0 Å². The predicted molar refractivity (Wildman–Crippen MR) is 254 cm³/mol. The lowest BCUT2D eigenvalue weighted by Gasteiger charge is -2.22. The minimum absolute atomic E-state index is 0.190. The maximum atomic E-state index is 12.4. The number of fused-ring (bicyclic) bond motifs is 4. The van der Waals surface area contributed by atoms with E-state index in [0.29, 0.717) is 17.1 Å². The number of benzene rings is 7. The van der Waals surface area contributed by atoms with E-state index in [0.717, 1.165) is 33.0 Å². The van der Waals surface area contributed by atoms with Gasteiger partial charge in [0.15, 0.2) is 0 Å². The molecule has 0 spiro atoms. The largest absolute Gasteiger partial charge is 0.488 e. The fourth-order valence-electron chi connectivity index (χ4n) is 6.72. The van der Waals surface area contributed by atoms with Gasteiger partial charge in [-0.25, -0.2) is 0 Å². The third kappa shape index (κ3) is 11.0. The first kappa shape index (κ1) is 43.3. The summed E-state index contributed by atoms with van der Waals surface area (Å²) in [6.07, 6.45) is 0. The van der Waals surface area contributed by atoms with Crippen molar-refractivity contribution in [3.05, 3.63) is 191 Å². The van der Waals surface area contributed by atoms with Crippen LogP contribution in [0, 0.1) is 20.8 Å². The Morgan fingerprint density at radius 1 is 0.590 bits per heavy atom. The summed E-state index contributed by atoms with van der Waals surface area (Å²) in [7, 11) is -5.04. The van der Waals surface area contributed by atoms with E-state index in [1.807, 2.05) is 68.1 Å². The summed E-state index contributed by atoms with van der Waals surface area (Å²) in [6, 6.07) is 51.9. The van der Waals surface area contributed by atoms with Gasteiger partial charge < -0.3 is 20.7 Å². The number of hydrogen-bond donors (Lipinski definition) is 5. The van der Waals surface area contributed by atoms with Crippen molar-refractivity contribution in [2.45, 2.75) is 65.0 Å². The SMILES string of the molecule is C/C(=N\NS(=O)(=O)c1ccc(C)cc1)c1ccc2c(c1)Nc1ccccc1S2.Cc1cccc(B(O)O)c1.Cc1cccc(C(C)c2ccc3c(c2)Nc2ccccc2S3)c1. The van der Waals surface area contributed by atoms with Crippen LogP contribution in [0.15, 0.2) is 187 Å². The molecule has 8 nitrogen and oxygen atoms in total. The minimum Gasteiger partial charge on any atom is -0.423 e. The van der Waals surface area contributed by atoms with E-state index in [-0.39, 0.29) is 4.90 Å². The van der Waals surface area contributed by atoms with Crippen molar-refractivity contribution >= 4 is 74.6 Å². The molecule has 2 aliphatic heterocycles. The van der Waals surface area contributed by atoms with Crippen LogP contribution in [-0.4, -0.2) is 31.3 Å². The lowest BCUT2D eigenvalue weighted by Crippen LogP contribution is -2.29.